The second kappa shape index (κ2) is 10.2. The first kappa shape index (κ1) is 24.1. The number of likely N-dealkylation sites (tertiary alicyclic amines) is 1. The fourth-order valence-corrected chi connectivity index (χ4v) is 7.76. The molecule has 2 N–H and O–H groups in total. The third-order valence-corrected chi connectivity index (χ3v) is 8.89. The van der Waals surface area contributed by atoms with Crippen LogP contribution in [0.4, 0.5) is 0 Å². The number of amides is 3. The fourth-order valence-electron chi connectivity index (χ4n) is 7.76. The molecule has 0 unspecified atom stereocenters. The molecule has 0 atom stereocenters. The van der Waals surface area contributed by atoms with Crippen LogP contribution in [0.1, 0.15) is 63.4 Å². The van der Waals surface area contributed by atoms with Gasteiger partial charge in [0.1, 0.15) is 5.75 Å². The molecule has 35 heavy (non-hydrogen) atoms. The number of carbonyl (C=O) groups excluding carboxylic acids is 3. The van der Waals surface area contributed by atoms with E-state index in [0.717, 1.165) is 41.9 Å². The van der Waals surface area contributed by atoms with Crippen molar-refractivity contribution >= 4 is 17.7 Å². The molecular formula is C28H39N3O4. The van der Waals surface area contributed by atoms with Gasteiger partial charge in [-0.1, -0.05) is 18.2 Å². The Balaban J connectivity index is 1.01. The molecule has 1 aromatic carbocycles. The van der Waals surface area contributed by atoms with Gasteiger partial charge in [-0.25, -0.2) is 0 Å². The Morgan fingerprint density at radius 1 is 0.971 bits per heavy atom. The summed E-state index contributed by atoms with van der Waals surface area (Å²) in [4.78, 5) is 39.8. The number of rotatable bonds is 8. The minimum absolute atomic E-state index is 0.0267. The second-order valence-electron chi connectivity index (χ2n) is 11.6. The highest BCUT2D eigenvalue weighted by atomic mass is 16.5. The average Bonchev–Trinajstić information content (AvgIpc) is 2.82. The van der Waals surface area contributed by atoms with Gasteiger partial charge >= 0.3 is 0 Å². The first-order valence-corrected chi connectivity index (χ1v) is 13.4. The van der Waals surface area contributed by atoms with Crippen LogP contribution in [0.5, 0.6) is 5.75 Å². The van der Waals surface area contributed by atoms with Crippen LogP contribution in [-0.4, -0.2) is 55.4 Å². The molecule has 0 spiro atoms. The SMILES string of the molecule is COc1ccccc1CC(=O)N1CCC(NC(=O)CNC(=O)CC23CC4CC(CC(C4)C2)C3)CC1. The van der Waals surface area contributed by atoms with Crippen LogP contribution >= 0.6 is 0 Å². The highest BCUT2D eigenvalue weighted by Gasteiger charge is 2.51. The number of carbonyl (C=O) groups is 3. The summed E-state index contributed by atoms with van der Waals surface area (Å²) in [6.07, 6.45) is 10.1. The minimum Gasteiger partial charge on any atom is -0.496 e. The number of benzene rings is 1. The number of ether oxygens (including phenoxy) is 1. The third kappa shape index (κ3) is 5.65. The summed E-state index contributed by atoms with van der Waals surface area (Å²) < 4.78 is 5.35. The van der Waals surface area contributed by atoms with Gasteiger partial charge in [0.2, 0.25) is 17.7 Å². The molecule has 4 saturated carbocycles. The fraction of sp³-hybridized carbons (Fsp3) is 0.679. The highest BCUT2D eigenvalue weighted by Crippen LogP contribution is 2.61. The van der Waals surface area contributed by atoms with Gasteiger partial charge in [-0.05, 0) is 80.6 Å². The zero-order chi connectivity index (χ0) is 24.4. The number of methoxy groups -OCH3 is 1. The predicted molar refractivity (Wildman–Crippen MR) is 133 cm³/mol. The average molecular weight is 482 g/mol. The lowest BCUT2D eigenvalue weighted by molar-refractivity contribution is -0.133. The van der Waals surface area contributed by atoms with Gasteiger partial charge in [0, 0.05) is 31.1 Å². The summed E-state index contributed by atoms with van der Waals surface area (Å²) in [5.74, 6) is 3.17. The van der Waals surface area contributed by atoms with Crippen LogP contribution in [0.25, 0.3) is 0 Å². The van der Waals surface area contributed by atoms with Crippen molar-refractivity contribution in [2.75, 3.05) is 26.7 Å². The van der Waals surface area contributed by atoms with E-state index in [4.69, 9.17) is 4.74 Å². The largest absolute Gasteiger partial charge is 0.496 e. The molecule has 1 aromatic rings. The Morgan fingerprint density at radius 2 is 1.60 bits per heavy atom. The van der Waals surface area contributed by atoms with Gasteiger partial charge in [0.05, 0.1) is 20.1 Å². The van der Waals surface area contributed by atoms with Crippen LogP contribution in [0.2, 0.25) is 0 Å². The maximum atomic E-state index is 12.7. The molecule has 190 valence electrons. The van der Waals surface area contributed by atoms with Gasteiger partial charge in [-0.3, -0.25) is 14.4 Å². The van der Waals surface area contributed by atoms with Gasteiger partial charge in [0.15, 0.2) is 0 Å². The molecule has 0 aromatic heterocycles. The van der Waals surface area contributed by atoms with Crippen LogP contribution in [-0.2, 0) is 20.8 Å². The number of para-hydroxylation sites is 1. The summed E-state index contributed by atoms with van der Waals surface area (Å²) in [6.45, 7) is 1.28. The van der Waals surface area contributed by atoms with Crippen molar-refractivity contribution in [3.05, 3.63) is 29.8 Å². The summed E-state index contributed by atoms with van der Waals surface area (Å²) in [5.41, 5.74) is 1.08. The van der Waals surface area contributed by atoms with Crippen LogP contribution in [0, 0.1) is 23.2 Å². The molecule has 4 bridgehead atoms. The van der Waals surface area contributed by atoms with Crippen molar-refractivity contribution < 1.29 is 19.1 Å². The molecule has 6 rings (SSSR count). The molecule has 4 aliphatic carbocycles. The molecule has 1 aliphatic heterocycles. The molecule has 1 heterocycles. The summed E-state index contributed by atoms with van der Waals surface area (Å²) in [5, 5.41) is 5.93. The van der Waals surface area contributed by atoms with Gasteiger partial charge in [-0.2, -0.15) is 0 Å². The Morgan fingerprint density at radius 3 is 2.23 bits per heavy atom. The van der Waals surface area contributed by atoms with Crippen molar-refractivity contribution in [2.45, 2.75) is 70.3 Å². The van der Waals surface area contributed by atoms with Crippen LogP contribution < -0.4 is 15.4 Å². The smallest absolute Gasteiger partial charge is 0.239 e. The summed E-state index contributed by atoms with van der Waals surface area (Å²) >= 11 is 0. The van der Waals surface area contributed by atoms with E-state index in [2.05, 4.69) is 10.6 Å². The molecule has 5 fully saturated rings. The number of hydrogen-bond acceptors (Lipinski definition) is 4. The van der Waals surface area contributed by atoms with Crippen molar-refractivity contribution in [3.8, 4) is 5.75 Å². The number of nitrogens with zero attached hydrogens (tertiary/aromatic N) is 1. The molecule has 1 saturated heterocycles. The maximum absolute atomic E-state index is 12.7. The van der Waals surface area contributed by atoms with E-state index in [9.17, 15) is 14.4 Å². The lowest BCUT2D eigenvalue weighted by atomic mass is 9.49. The number of hydrogen-bond donors (Lipinski definition) is 2. The van der Waals surface area contributed by atoms with E-state index >= 15 is 0 Å². The van der Waals surface area contributed by atoms with Crippen LogP contribution in [0.15, 0.2) is 24.3 Å². The monoisotopic (exact) mass is 481 g/mol. The van der Waals surface area contributed by atoms with E-state index in [1.165, 1.54) is 38.5 Å². The molecular weight excluding hydrogens is 442 g/mol. The quantitative estimate of drug-likeness (QED) is 0.597. The first-order chi connectivity index (χ1) is 16.9. The third-order valence-electron chi connectivity index (χ3n) is 8.89. The van der Waals surface area contributed by atoms with Crippen LogP contribution in [0.3, 0.4) is 0 Å². The van der Waals surface area contributed by atoms with Gasteiger partial charge < -0.3 is 20.3 Å². The lowest BCUT2D eigenvalue weighted by Gasteiger charge is -2.56. The standard InChI is InChI=1S/C28H39N3O4/c1-35-24-5-3-2-4-22(24)13-27(34)31-8-6-23(7-9-31)30-26(33)18-29-25(32)17-28-14-19-10-20(15-28)12-21(11-19)16-28/h2-5,19-21,23H,6-18H2,1H3,(H,29,32)(H,30,33). The van der Waals surface area contributed by atoms with Crippen molar-refractivity contribution in [1.82, 2.24) is 15.5 Å². The van der Waals surface area contributed by atoms with Gasteiger partial charge in [0.25, 0.3) is 0 Å². The molecule has 0 radical (unpaired) electrons. The second-order valence-corrected chi connectivity index (χ2v) is 11.6. The van der Waals surface area contributed by atoms with E-state index < -0.39 is 0 Å². The normalized spacial score (nSPS) is 29.6. The molecule has 5 aliphatic rings. The van der Waals surface area contributed by atoms with Crippen molar-refractivity contribution in [1.29, 1.82) is 0 Å². The minimum atomic E-state index is -0.136. The molecule has 7 heteroatoms. The molecule has 3 amide bonds. The zero-order valence-electron chi connectivity index (χ0n) is 20.9. The lowest BCUT2D eigenvalue weighted by Crippen LogP contribution is -2.50. The Hall–Kier alpha value is -2.57. The van der Waals surface area contributed by atoms with E-state index in [-0.39, 0.29) is 35.7 Å². The topological polar surface area (TPSA) is 87.7 Å². The predicted octanol–water partition coefficient (Wildman–Crippen LogP) is 3.07. The first-order valence-electron chi connectivity index (χ1n) is 13.4. The number of piperidine rings is 1. The zero-order valence-corrected chi connectivity index (χ0v) is 20.9. The Bertz CT molecular complexity index is 918. The summed E-state index contributed by atoms with van der Waals surface area (Å²) in [7, 11) is 1.61. The van der Waals surface area contributed by atoms with E-state index in [1.807, 2.05) is 29.2 Å². The Kier molecular flexibility index (Phi) is 7.03. The van der Waals surface area contributed by atoms with Gasteiger partial charge in [-0.15, -0.1) is 0 Å². The van der Waals surface area contributed by atoms with Crippen molar-refractivity contribution in [2.24, 2.45) is 23.2 Å². The Labute approximate surface area is 208 Å². The summed E-state index contributed by atoms with van der Waals surface area (Å²) in [6, 6.07) is 7.63. The highest BCUT2D eigenvalue weighted by molar-refractivity contribution is 5.85. The molecule has 7 nitrogen and oxygen atoms in total. The number of nitrogens with one attached hydrogen (secondary N) is 2. The van der Waals surface area contributed by atoms with E-state index in [0.29, 0.717) is 25.9 Å². The van der Waals surface area contributed by atoms with E-state index in [1.54, 1.807) is 7.11 Å². The van der Waals surface area contributed by atoms with Crippen molar-refractivity contribution in [3.63, 3.8) is 0 Å². The maximum Gasteiger partial charge on any atom is 0.239 e.